The van der Waals surface area contributed by atoms with Crippen molar-refractivity contribution in [3.8, 4) is 22.3 Å². The fourth-order valence-electron chi connectivity index (χ4n) is 4.08. The zero-order valence-electron chi connectivity index (χ0n) is 16.0. The van der Waals surface area contributed by atoms with Crippen molar-refractivity contribution in [2.45, 2.75) is 26.5 Å². The standard InChI is InChI=1S/C23H20ClNO4/c1-23(2)12-25-18(20(26)22(28)29)16(14-8-10-15(24)11-9-14)17(19(25)21(23)27)13-6-4-3-5-7-13/h3-11,21,27H,12H2,1-2H3,(H,28,29). The Morgan fingerprint density at radius 1 is 1.00 bits per heavy atom. The van der Waals surface area contributed by atoms with Crippen LogP contribution in [0, 0.1) is 5.41 Å². The summed E-state index contributed by atoms with van der Waals surface area (Å²) in [6, 6.07) is 16.3. The van der Waals surface area contributed by atoms with Gasteiger partial charge in [0.15, 0.2) is 0 Å². The number of halogens is 1. The molecule has 4 rings (SSSR count). The average molecular weight is 410 g/mol. The molecule has 0 saturated carbocycles. The second kappa shape index (κ2) is 6.87. The van der Waals surface area contributed by atoms with Crippen molar-refractivity contribution in [2.75, 3.05) is 0 Å². The van der Waals surface area contributed by atoms with Crippen LogP contribution in [0.1, 0.15) is 36.1 Å². The first-order chi connectivity index (χ1) is 13.7. The van der Waals surface area contributed by atoms with Gasteiger partial charge in [0, 0.05) is 28.1 Å². The van der Waals surface area contributed by atoms with Gasteiger partial charge in [-0.2, -0.15) is 0 Å². The highest BCUT2D eigenvalue weighted by Gasteiger charge is 2.45. The van der Waals surface area contributed by atoms with Gasteiger partial charge in [-0.3, -0.25) is 4.79 Å². The van der Waals surface area contributed by atoms with E-state index >= 15 is 0 Å². The molecule has 3 aromatic rings. The smallest absolute Gasteiger partial charge is 0.378 e. The molecule has 1 aliphatic rings. The van der Waals surface area contributed by atoms with Gasteiger partial charge in [0.1, 0.15) is 11.8 Å². The first-order valence-electron chi connectivity index (χ1n) is 9.26. The maximum Gasteiger partial charge on any atom is 0.378 e. The molecule has 0 saturated heterocycles. The highest BCUT2D eigenvalue weighted by atomic mass is 35.5. The molecule has 1 atom stereocenters. The lowest BCUT2D eigenvalue weighted by atomic mass is 9.84. The number of fused-ring (bicyclic) bond motifs is 1. The molecule has 2 heterocycles. The Kier molecular flexibility index (Phi) is 4.60. The number of aliphatic hydroxyl groups excluding tert-OH is 1. The van der Waals surface area contributed by atoms with Gasteiger partial charge in [-0.15, -0.1) is 0 Å². The number of nitrogens with zero attached hydrogens (tertiary/aromatic N) is 1. The Morgan fingerprint density at radius 3 is 2.17 bits per heavy atom. The molecule has 0 spiro atoms. The number of hydrogen-bond donors (Lipinski definition) is 2. The summed E-state index contributed by atoms with van der Waals surface area (Å²) in [5.41, 5.74) is 2.77. The second-order valence-electron chi connectivity index (χ2n) is 7.97. The number of ketones is 1. The minimum atomic E-state index is -1.53. The van der Waals surface area contributed by atoms with E-state index in [-0.39, 0.29) is 5.69 Å². The topological polar surface area (TPSA) is 79.5 Å². The van der Waals surface area contributed by atoms with Crippen molar-refractivity contribution in [1.82, 2.24) is 4.57 Å². The van der Waals surface area contributed by atoms with Gasteiger partial charge in [-0.1, -0.05) is 67.9 Å². The number of aliphatic carboxylic acids is 1. The highest BCUT2D eigenvalue weighted by molar-refractivity contribution is 6.41. The average Bonchev–Trinajstić information content (AvgIpc) is 3.13. The van der Waals surface area contributed by atoms with Crippen LogP contribution in [0.2, 0.25) is 5.02 Å². The third kappa shape index (κ3) is 3.07. The Hall–Kier alpha value is -2.89. The van der Waals surface area contributed by atoms with E-state index in [0.29, 0.717) is 34.0 Å². The van der Waals surface area contributed by atoms with Crippen molar-refractivity contribution in [1.29, 1.82) is 0 Å². The van der Waals surface area contributed by atoms with E-state index in [2.05, 4.69) is 0 Å². The third-order valence-corrected chi connectivity index (χ3v) is 5.73. The summed E-state index contributed by atoms with van der Waals surface area (Å²) in [5.74, 6) is -2.53. The summed E-state index contributed by atoms with van der Waals surface area (Å²) in [7, 11) is 0. The van der Waals surface area contributed by atoms with Gasteiger partial charge in [0.25, 0.3) is 5.78 Å². The number of aliphatic hydroxyl groups is 1. The van der Waals surface area contributed by atoms with Crippen LogP contribution in [0.3, 0.4) is 0 Å². The summed E-state index contributed by atoms with van der Waals surface area (Å²) in [4.78, 5) is 24.5. The highest BCUT2D eigenvalue weighted by Crippen LogP contribution is 2.51. The number of hydrogen-bond acceptors (Lipinski definition) is 3. The Labute approximate surface area is 173 Å². The first kappa shape index (κ1) is 19.4. The molecule has 0 radical (unpaired) electrons. The van der Waals surface area contributed by atoms with Gasteiger partial charge in [-0.25, -0.2) is 4.79 Å². The lowest BCUT2D eigenvalue weighted by Crippen LogP contribution is -2.22. The molecule has 2 N–H and O–H groups in total. The van der Waals surface area contributed by atoms with Crippen LogP contribution < -0.4 is 0 Å². The molecule has 29 heavy (non-hydrogen) atoms. The van der Waals surface area contributed by atoms with Crippen molar-refractivity contribution in [2.24, 2.45) is 5.41 Å². The van der Waals surface area contributed by atoms with Crippen molar-refractivity contribution < 1.29 is 19.8 Å². The number of rotatable bonds is 4. The van der Waals surface area contributed by atoms with E-state index in [1.54, 1.807) is 28.8 Å². The van der Waals surface area contributed by atoms with Gasteiger partial charge in [-0.05, 0) is 23.3 Å². The van der Waals surface area contributed by atoms with E-state index in [1.807, 2.05) is 44.2 Å². The molecular formula is C23H20ClNO4. The number of carboxylic acid groups (broad SMARTS) is 1. The number of Topliss-reactive ketones (excluding diaryl/α,β-unsaturated/α-hetero) is 1. The van der Waals surface area contributed by atoms with Crippen LogP contribution in [0.4, 0.5) is 0 Å². The van der Waals surface area contributed by atoms with Crippen LogP contribution in [-0.2, 0) is 11.3 Å². The molecule has 6 heteroatoms. The Balaban J connectivity index is 2.13. The molecule has 1 aromatic heterocycles. The maximum absolute atomic E-state index is 12.8. The monoisotopic (exact) mass is 409 g/mol. The molecule has 0 amide bonds. The number of carbonyl (C=O) groups excluding carboxylic acids is 1. The van der Waals surface area contributed by atoms with Gasteiger partial charge < -0.3 is 14.8 Å². The number of aromatic nitrogens is 1. The molecule has 0 aliphatic carbocycles. The summed E-state index contributed by atoms with van der Waals surface area (Å²) < 4.78 is 1.67. The van der Waals surface area contributed by atoms with Gasteiger partial charge >= 0.3 is 5.97 Å². The minimum absolute atomic E-state index is 0.0818. The maximum atomic E-state index is 12.8. The fraction of sp³-hybridized carbons (Fsp3) is 0.217. The number of carboxylic acids is 1. The summed E-state index contributed by atoms with van der Waals surface area (Å²) in [6.07, 6.45) is -0.848. The zero-order valence-corrected chi connectivity index (χ0v) is 16.8. The van der Waals surface area contributed by atoms with E-state index in [0.717, 1.165) is 5.56 Å². The summed E-state index contributed by atoms with van der Waals surface area (Å²) >= 11 is 6.04. The summed E-state index contributed by atoms with van der Waals surface area (Å²) in [5, 5.41) is 21.1. The molecule has 2 aromatic carbocycles. The third-order valence-electron chi connectivity index (χ3n) is 5.47. The van der Waals surface area contributed by atoms with Crippen LogP contribution >= 0.6 is 11.6 Å². The predicted octanol–water partition coefficient (Wildman–Crippen LogP) is 4.82. The number of benzene rings is 2. The normalized spacial score (nSPS) is 17.2. The molecule has 5 nitrogen and oxygen atoms in total. The molecule has 1 unspecified atom stereocenters. The fourth-order valence-corrected chi connectivity index (χ4v) is 4.21. The molecule has 1 aliphatic heterocycles. The van der Waals surface area contributed by atoms with Crippen LogP contribution in [0.5, 0.6) is 0 Å². The molecule has 0 fully saturated rings. The van der Waals surface area contributed by atoms with Gasteiger partial charge in [0.2, 0.25) is 0 Å². The quantitative estimate of drug-likeness (QED) is 0.478. The lowest BCUT2D eigenvalue weighted by molar-refractivity contribution is -0.131. The first-order valence-corrected chi connectivity index (χ1v) is 9.63. The number of carbonyl (C=O) groups is 2. The lowest BCUT2D eigenvalue weighted by Gasteiger charge is -2.23. The van der Waals surface area contributed by atoms with Crippen LogP contribution in [-0.4, -0.2) is 26.5 Å². The predicted molar refractivity (Wildman–Crippen MR) is 111 cm³/mol. The minimum Gasteiger partial charge on any atom is -0.475 e. The molecular weight excluding hydrogens is 390 g/mol. The van der Waals surface area contributed by atoms with E-state index < -0.39 is 23.3 Å². The van der Waals surface area contributed by atoms with Crippen molar-refractivity contribution in [3.05, 3.63) is 71.0 Å². The van der Waals surface area contributed by atoms with E-state index in [1.165, 1.54) is 0 Å². The Bertz CT molecular complexity index is 1110. The van der Waals surface area contributed by atoms with Crippen LogP contribution in [0.15, 0.2) is 54.6 Å². The second-order valence-corrected chi connectivity index (χ2v) is 8.40. The van der Waals surface area contributed by atoms with E-state index in [4.69, 9.17) is 11.6 Å². The van der Waals surface area contributed by atoms with Crippen molar-refractivity contribution >= 4 is 23.4 Å². The van der Waals surface area contributed by atoms with Gasteiger partial charge in [0.05, 0.1) is 5.69 Å². The van der Waals surface area contributed by atoms with Crippen LogP contribution in [0.25, 0.3) is 22.3 Å². The largest absolute Gasteiger partial charge is 0.475 e. The molecule has 0 bridgehead atoms. The molecule has 148 valence electrons. The SMILES string of the molecule is CC1(C)Cn2c(C(=O)C(=O)O)c(-c3ccc(Cl)cc3)c(-c3ccccc3)c2C1O. The van der Waals surface area contributed by atoms with E-state index in [9.17, 15) is 19.8 Å². The summed E-state index contributed by atoms with van der Waals surface area (Å²) in [6.45, 7) is 4.14. The Morgan fingerprint density at radius 2 is 1.59 bits per heavy atom. The van der Waals surface area contributed by atoms with Crippen molar-refractivity contribution in [3.63, 3.8) is 0 Å². The zero-order chi connectivity index (χ0) is 20.9.